The molecule has 115 heavy (non-hydrogen) atoms. The fourth-order valence-corrected chi connectivity index (χ4v) is 13.3. The van der Waals surface area contributed by atoms with E-state index in [-0.39, 0.29) is 60.4 Å². The van der Waals surface area contributed by atoms with Crippen LogP contribution in [0.2, 0.25) is 0 Å². The molecule has 9 N–H and O–H groups in total. The summed E-state index contributed by atoms with van der Waals surface area (Å²) in [5, 5.41) is 27.4. The number of aryl methyl sites for hydroxylation is 3. The van der Waals surface area contributed by atoms with E-state index in [0.29, 0.717) is 38.5 Å². The number of amides is 5. The fraction of sp³-hybridized carbons (Fsp3) is 0.384. The zero-order chi connectivity index (χ0) is 83.9. The van der Waals surface area contributed by atoms with Gasteiger partial charge in [0.25, 0.3) is 0 Å². The van der Waals surface area contributed by atoms with Crippen LogP contribution in [-0.4, -0.2) is 116 Å². The van der Waals surface area contributed by atoms with E-state index < -0.39 is 76.2 Å². The molecule has 0 atom stereocenters. The van der Waals surface area contributed by atoms with Gasteiger partial charge in [0.15, 0.2) is 34.5 Å². The van der Waals surface area contributed by atoms with Gasteiger partial charge < -0.3 is 84.7 Å². The van der Waals surface area contributed by atoms with E-state index in [4.69, 9.17) is 76.5 Å². The van der Waals surface area contributed by atoms with E-state index in [2.05, 4.69) is 47.8 Å². The van der Waals surface area contributed by atoms with Crippen molar-refractivity contribution in [2.75, 3.05) is 36.3 Å². The third-order valence-corrected chi connectivity index (χ3v) is 24.3. The van der Waals surface area contributed by atoms with Gasteiger partial charge in [-0.1, -0.05) is 64.0 Å². The van der Waals surface area contributed by atoms with Gasteiger partial charge in [-0.2, -0.15) is 0 Å². The molecule has 0 unspecified atom stereocenters. The Bertz CT molecular complexity index is 5020. The molecule has 22 nitrogen and oxygen atoms in total. The predicted molar refractivity (Wildman–Crippen MR) is 444 cm³/mol. The highest BCUT2D eigenvalue weighted by molar-refractivity contribution is 9.10. The SMILES string of the molecule is CC(C)(O)C(C)(C)O.Cc1ccc(NC(=O)C2(c3ccc4c(c3)OCO4)CC2)cc1-c1ccc(C(N)=O)cc1F.Cc1ccc(NC(=O)C2(c3ccc4c(c3)OCO4)CC2)cc1B1OC(C)(C)C(C)(C)O1.Cc1ccc(NC(=O)C2(c3ccc4c(c3)OCO4)CC2)cc1Br.NC(=O)c1ccc(Br)c(F)c1.[B]B1OC(C)(C)C(C)(C)O1. The van der Waals surface area contributed by atoms with Crippen LogP contribution < -0.4 is 61.3 Å². The standard InChI is InChI=1S/C25H21FN2O4.C24H28BNO5.C18H16BrNO3.C7H5BrFNO.C6H12B2O2.C6H14O2/c1-14-2-5-17(12-19(14)18-6-3-15(23(27)29)10-20(18)26)28-24(30)25(8-9-25)16-4-7-21-22(11-16)32-13-31-21;1-15-6-8-17(13-18(15)25-30-22(2,3)23(4,5)31-25)26-21(27)24(10-11-24)16-7-9-19-20(12-16)29-14-28-19;1-11-2-4-13(9-14(11)19)20-17(21)18(6-7-18)12-3-5-15-16(8-12)23-10-22-15;8-5-2-1-4(7(10)11)3-6(5)9;1-5(2)6(3,4)10-8(7)9-5;1-5(2,7)6(3,4)8/h2-7,10-12H,8-9,13H2,1H3,(H2,27,29)(H,28,30);6-9,12-13H,10-11,14H2,1-5H3,(H,26,27);2-5,8-9H,6-7,10H2,1H3,(H,20,21);1-3H,(H2,10,11);1-4H3;7-8H,1-4H3. The summed E-state index contributed by atoms with van der Waals surface area (Å²) in [5.41, 5.74) is 15.3. The molecule has 8 aromatic carbocycles. The molecule has 8 aliphatic rings. The van der Waals surface area contributed by atoms with E-state index >= 15 is 0 Å². The Labute approximate surface area is 688 Å². The van der Waals surface area contributed by atoms with Crippen LogP contribution in [0.3, 0.4) is 0 Å². The van der Waals surface area contributed by atoms with Crippen molar-refractivity contribution in [1.82, 2.24) is 0 Å². The normalized spacial score (nSPS) is 18.0. The number of primary amides is 2. The number of halogens is 4. The van der Waals surface area contributed by atoms with E-state index in [1.807, 2.05) is 173 Å². The Balaban J connectivity index is 0.000000146. The highest BCUT2D eigenvalue weighted by Gasteiger charge is 2.56. The zero-order valence-electron chi connectivity index (χ0n) is 67.1. The molecule has 5 heterocycles. The predicted octanol–water partition coefficient (Wildman–Crippen LogP) is 15.1. The van der Waals surface area contributed by atoms with Crippen LogP contribution in [0.1, 0.15) is 176 Å². The number of fused-ring (bicyclic) bond motifs is 3. The van der Waals surface area contributed by atoms with Gasteiger partial charge in [-0.25, -0.2) is 8.78 Å². The lowest BCUT2D eigenvalue weighted by Crippen LogP contribution is -2.44. The summed E-state index contributed by atoms with van der Waals surface area (Å²) in [4.78, 5) is 61.1. The van der Waals surface area contributed by atoms with Gasteiger partial charge in [-0.3, -0.25) is 24.0 Å². The molecule has 0 spiro atoms. The summed E-state index contributed by atoms with van der Waals surface area (Å²) in [6.45, 7) is 28.9. The molecule has 29 heteroatoms. The first kappa shape index (κ1) is 86.5. The second-order valence-corrected chi connectivity index (χ2v) is 34.5. The lowest BCUT2D eigenvalue weighted by atomic mass is 9.63. The van der Waals surface area contributed by atoms with E-state index in [9.17, 15) is 32.8 Å². The van der Waals surface area contributed by atoms with Crippen LogP contribution in [0.5, 0.6) is 34.5 Å². The molecular formula is C86H96B3Br2F2N5O17. The largest absolute Gasteiger partial charge is 0.495 e. The molecule has 8 aromatic rings. The van der Waals surface area contributed by atoms with Crippen LogP contribution in [0.4, 0.5) is 25.8 Å². The molecule has 0 bridgehead atoms. The maximum atomic E-state index is 14.7. The van der Waals surface area contributed by atoms with Crippen molar-refractivity contribution in [3.05, 3.63) is 211 Å². The molecule has 0 aromatic heterocycles. The Morgan fingerprint density at radius 3 is 1.11 bits per heavy atom. The monoisotopic (exact) mass is 1700 g/mol. The summed E-state index contributed by atoms with van der Waals surface area (Å²) < 4.78 is 84.2. The number of aliphatic hydroxyl groups is 2. The number of hydrogen-bond acceptors (Lipinski definition) is 17. The van der Waals surface area contributed by atoms with Crippen LogP contribution in [0, 0.1) is 32.4 Å². The minimum atomic E-state index is -1.01. The number of rotatable bonds is 14. The van der Waals surface area contributed by atoms with Crippen molar-refractivity contribution in [1.29, 1.82) is 0 Å². The molecule has 2 radical (unpaired) electrons. The Morgan fingerprint density at radius 1 is 0.417 bits per heavy atom. The summed E-state index contributed by atoms with van der Waals surface area (Å²) in [7, 11) is 4.41. The third-order valence-electron chi connectivity index (χ3n) is 22.8. The van der Waals surface area contributed by atoms with Gasteiger partial charge >= 0.3 is 14.1 Å². The lowest BCUT2D eigenvalue weighted by Gasteiger charge is -2.32. The van der Waals surface area contributed by atoms with Crippen LogP contribution >= 0.6 is 31.9 Å². The fourth-order valence-electron chi connectivity index (χ4n) is 12.7. The minimum Gasteiger partial charge on any atom is -0.454 e. The first-order chi connectivity index (χ1) is 53.8. The molecule has 16 rings (SSSR count). The van der Waals surface area contributed by atoms with Gasteiger partial charge in [0.1, 0.15) is 19.4 Å². The van der Waals surface area contributed by atoms with Crippen molar-refractivity contribution < 1.29 is 90.0 Å². The van der Waals surface area contributed by atoms with Crippen LogP contribution in [-0.2, 0) is 49.2 Å². The summed E-state index contributed by atoms with van der Waals surface area (Å²) >= 11 is 6.45. The minimum absolute atomic E-state index is 0.00455. The summed E-state index contributed by atoms with van der Waals surface area (Å²) in [6.07, 6.45) is 4.81. The molecule has 3 aliphatic carbocycles. The van der Waals surface area contributed by atoms with E-state index in [0.717, 1.165) is 123 Å². The first-order valence-corrected chi connectivity index (χ1v) is 39.3. The number of nitrogens with two attached hydrogens (primary N) is 2. The Hall–Kier alpha value is -9.32. The molecule has 5 fully saturated rings. The van der Waals surface area contributed by atoms with Gasteiger partial charge in [0.2, 0.25) is 49.9 Å². The maximum Gasteiger partial charge on any atom is 0.495 e. The molecule has 2 saturated heterocycles. The van der Waals surface area contributed by atoms with Crippen molar-refractivity contribution in [3.63, 3.8) is 0 Å². The smallest absolute Gasteiger partial charge is 0.454 e. The number of carbonyl (C=O) groups excluding carboxylic acids is 5. The number of anilines is 3. The molecular weight excluding hydrogens is 1610 g/mol. The summed E-state index contributed by atoms with van der Waals surface area (Å²) in [6, 6.07) is 42.4. The second-order valence-electron chi connectivity index (χ2n) is 32.8. The topological polar surface area (TPSA) is 306 Å². The van der Waals surface area contributed by atoms with Gasteiger partial charge in [-0.05, 0) is 300 Å². The zero-order valence-corrected chi connectivity index (χ0v) is 70.3. The van der Waals surface area contributed by atoms with Gasteiger partial charge in [0.05, 0.1) is 54.3 Å². The van der Waals surface area contributed by atoms with Crippen LogP contribution in [0.15, 0.2) is 155 Å². The second kappa shape index (κ2) is 33.4. The Kier molecular flexibility index (Phi) is 25.1. The van der Waals surface area contributed by atoms with Crippen molar-refractivity contribution in [2.24, 2.45) is 11.5 Å². The average Bonchev–Trinajstić information content (AvgIpc) is 1.57. The number of hydrogen-bond donors (Lipinski definition) is 7. The highest BCUT2D eigenvalue weighted by atomic mass is 79.9. The molecule has 5 aliphatic heterocycles. The summed E-state index contributed by atoms with van der Waals surface area (Å²) in [5.74, 6) is 1.79. The number of ether oxygens (including phenoxy) is 6. The number of benzene rings is 8. The van der Waals surface area contributed by atoms with Crippen LogP contribution in [0.25, 0.3) is 11.1 Å². The maximum absolute atomic E-state index is 14.7. The highest BCUT2D eigenvalue weighted by Crippen LogP contribution is 2.54. The third kappa shape index (κ3) is 19.4. The quantitative estimate of drug-likeness (QED) is 0.0498. The molecule has 3 saturated carbocycles. The van der Waals surface area contributed by atoms with E-state index in [1.165, 1.54) is 24.3 Å². The van der Waals surface area contributed by atoms with E-state index in [1.54, 1.807) is 39.8 Å². The Morgan fingerprint density at radius 2 is 0.765 bits per heavy atom. The lowest BCUT2D eigenvalue weighted by molar-refractivity contribution is -0.119. The van der Waals surface area contributed by atoms with Gasteiger partial charge in [0, 0.05) is 38.2 Å². The van der Waals surface area contributed by atoms with Crippen molar-refractivity contribution in [2.45, 2.75) is 192 Å². The van der Waals surface area contributed by atoms with Gasteiger partial charge in [-0.15, -0.1) is 0 Å². The molecule has 5 amide bonds. The molecule has 604 valence electrons. The average molecular weight is 1700 g/mol. The first-order valence-electron chi connectivity index (χ1n) is 37.7. The number of carbonyl (C=O) groups is 5. The van der Waals surface area contributed by atoms with Crippen molar-refractivity contribution in [3.8, 4) is 45.6 Å². The number of nitrogens with one attached hydrogen (secondary N) is 3. The van der Waals surface area contributed by atoms with Crippen molar-refractivity contribution >= 4 is 106 Å².